The Morgan fingerprint density at radius 2 is 2.00 bits per heavy atom. The molecule has 0 aliphatic carbocycles. The zero-order valence-electron chi connectivity index (χ0n) is 11.3. The second-order valence-corrected chi connectivity index (χ2v) is 4.53. The lowest BCUT2D eigenvalue weighted by atomic mass is 9.95. The van der Waals surface area contributed by atoms with E-state index in [-0.39, 0.29) is 5.78 Å². The highest BCUT2D eigenvalue weighted by molar-refractivity contribution is 6.10. The van der Waals surface area contributed by atoms with Crippen LogP contribution in [0.5, 0.6) is 0 Å². The van der Waals surface area contributed by atoms with Crippen LogP contribution in [0.15, 0.2) is 42.7 Å². The van der Waals surface area contributed by atoms with E-state index in [1.165, 1.54) is 0 Å². The summed E-state index contributed by atoms with van der Waals surface area (Å²) in [7, 11) is 1.91. The van der Waals surface area contributed by atoms with Gasteiger partial charge in [-0.2, -0.15) is 0 Å². The molecule has 0 spiro atoms. The minimum absolute atomic E-state index is 0.0531. The molecule has 3 nitrogen and oxygen atoms in total. The quantitative estimate of drug-likeness (QED) is 0.833. The van der Waals surface area contributed by atoms with Crippen LogP contribution in [0.25, 0.3) is 0 Å². The highest BCUT2D eigenvalue weighted by Gasteiger charge is 2.14. The minimum Gasteiger partial charge on any atom is -0.319 e. The van der Waals surface area contributed by atoms with E-state index in [4.69, 9.17) is 0 Å². The van der Waals surface area contributed by atoms with Gasteiger partial charge in [-0.05, 0) is 44.1 Å². The molecule has 0 unspecified atom stereocenters. The molecule has 0 saturated heterocycles. The van der Waals surface area contributed by atoms with E-state index in [0.29, 0.717) is 5.56 Å². The second-order valence-electron chi connectivity index (χ2n) is 4.53. The highest BCUT2D eigenvalue weighted by Crippen LogP contribution is 2.17. The molecule has 0 amide bonds. The van der Waals surface area contributed by atoms with Crippen molar-refractivity contribution >= 4 is 5.78 Å². The van der Waals surface area contributed by atoms with Crippen LogP contribution in [0.4, 0.5) is 0 Å². The van der Waals surface area contributed by atoms with Crippen LogP contribution in [0, 0.1) is 6.92 Å². The first-order chi connectivity index (χ1) is 9.24. The first kappa shape index (κ1) is 13.4. The van der Waals surface area contributed by atoms with E-state index in [1.54, 1.807) is 12.4 Å². The van der Waals surface area contributed by atoms with Crippen LogP contribution in [-0.4, -0.2) is 24.4 Å². The number of pyridine rings is 1. The fourth-order valence-corrected chi connectivity index (χ4v) is 2.07. The number of likely N-dealkylation sites (N-methyl/N-ethyl adjacent to an activating group) is 1. The van der Waals surface area contributed by atoms with E-state index in [2.05, 4.69) is 10.3 Å². The Morgan fingerprint density at radius 1 is 1.21 bits per heavy atom. The first-order valence-corrected chi connectivity index (χ1v) is 6.42. The summed E-state index contributed by atoms with van der Waals surface area (Å²) in [5.74, 6) is 0.0531. The van der Waals surface area contributed by atoms with E-state index >= 15 is 0 Å². The fourth-order valence-electron chi connectivity index (χ4n) is 2.07. The number of benzene rings is 1. The van der Waals surface area contributed by atoms with Gasteiger partial charge in [-0.15, -0.1) is 0 Å². The summed E-state index contributed by atoms with van der Waals surface area (Å²) in [5, 5.41) is 3.11. The molecule has 0 fully saturated rings. The maximum Gasteiger partial charge on any atom is 0.195 e. The van der Waals surface area contributed by atoms with Crippen molar-refractivity contribution in [1.82, 2.24) is 10.3 Å². The molecule has 1 aromatic carbocycles. The van der Waals surface area contributed by atoms with Crippen LogP contribution >= 0.6 is 0 Å². The van der Waals surface area contributed by atoms with Crippen molar-refractivity contribution < 1.29 is 4.79 Å². The molecule has 98 valence electrons. The van der Waals surface area contributed by atoms with Gasteiger partial charge in [0.05, 0.1) is 0 Å². The third-order valence-corrected chi connectivity index (χ3v) is 3.19. The smallest absolute Gasteiger partial charge is 0.195 e. The number of carbonyl (C=O) groups excluding carboxylic acids is 1. The maximum absolute atomic E-state index is 12.6. The van der Waals surface area contributed by atoms with Gasteiger partial charge >= 0.3 is 0 Å². The maximum atomic E-state index is 12.6. The van der Waals surface area contributed by atoms with Crippen molar-refractivity contribution in [3.8, 4) is 0 Å². The Kier molecular flexibility index (Phi) is 4.42. The van der Waals surface area contributed by atoms with Gasteiger partial charge in [-0.1, -0.05) is 24.3 Å². The second kappa shape index (κ2) is 6.25. The summed E-state index contributed by atoms with van der Waals surface area (Å²) in [6.45, 7) is 2.79. The summed E-state index contributed by atoms with van der Waals surface area (Å²) >= 11 is 0. The number of aromatic nitrogens is 1. The van der Waals surface area contributed by atoms with Gasteiger partial charge in [0.25, 0.3) is 0 Å². The molecule has 3 heteroatoms. The SMILES string of the molecule is CNCCc1ccccc1C(=O)c1cnccc1C. The molecular weight excluding hydrogens is 236 g/mol. The van der Waals surface area contributed by atoms with Crippen molar-refractivity contribution in [2.45, 2.75) is 13.3 Å². The van der Waals surface area contributed by atoms with Gasteiger partial charge in [0, 0.05) is 23.5 Å². The molecule has 0 aliphatic heterocycles. The van der Waals surface area contributed by atoms with E-state index < -0.39 is 0 Å². The lowest BCUT2D eigenvalue weighted by Crippen LogP contribution is -2.14. The molecule has 0 aliphatic rings. The van der Waals surface area contributed by atoms with Crippen molar-refractivity contribution in [3.63, 3.8) is 0 Å². The van der Waals surface area contributed by atoms with Crippen molar-refractivity contribution in [2.24, 2.45) is 0 Å². The summed E-state index contributed by atoms with van der Waals surface area (Å²) < 4.78 is 0. The number of aryl methyl sites for hydroxylation is 1. The molecule has 2 rings (SSSR count). The molecule has 19 heavy (non-hydrogen) atoms. The summed E-state index contributed by atoms with van der Waals surface area (Å²) in [5.41, 5.74) is 3.49. The number of ketones is 1. The molecule has 0 saturated carbocycles. The summed E-state index contributed by atoms with van der Waals surface area (Å²) in [4.78, 5) is 16.6. The third-order valence-electron chi connectivity index (χ3n) is 3.19. The molecule has 1 heterocycles. The summed E-state index contributed by atoms with van der Waals surface area (Å²) in [6, 6.07) is 9.64. The van der Waals surface area contributed by atoms with E-state index in [1.807, 2.05) is 44.3 Å². The average molecular weight is 254 g/mol. The van der Waals surface area contributed by atoms with Crippen LogP contribution in [0.3, 0.4) is 0 Å². The standard InChI is InChI=1S/C16H18N2O/c1-12-7-10-18-11-15(12)16(19)14-6-4-3-5-13(14)8-9-17-2/h3-7,10-11,17H,8-9H2,1-2H3. The largest absolute Gasteiger partial charge is 0.319 e. The zero-order valence-corrected chi connectivity index (χ0v) is 11.3. The topological polar surface area (TPSA) is 42.0 Å². The van der Waals surface area contributed by atoms with Crippen LogP contribution < -0.4 is 5.32 Å². The predicted molar refractivity (Wildman–Crippen MR) is 76.5 cm³/mol. The van der Waals surface area contributed by atoms with E-state index in [9.17, 15) is 4.79 Å². The van der Waals surface area contributed by atoms with Gasteiger partial charge < -0.3 is 5.32 Å². The van der Waals surface area contributed by atoms with E-state index in [0.717, 1.165) is 29.7 Å². The highest BCUT2D eigenvalue weighted by atomic mass is 16.1. The van der Waals surface area contributed by atoms with Gasteiger partial charge in [0.2, 0.25) is 0 Å². The third kappa shape index (κ3) is 3.06. The molecule has 0 atom stereocenters. The van der Waals surface area contributed by atoms with Crippen LogP contribution in [-0.2, 0) is 6.42 Å². The van der Waals surface area contributed by atoms with Crippen molar-refractivity contribution in [1.29, 1.82) is 0 Å². The first-order valence-electron chi connectivity index (χ1n) is 6.42. The number of nitrogens with one attached hydrogen (secondary N) is 1. The number of rotatable bonds is 5. The summed E-state index contributed by atoms with van der Waals surface area (Å²) in [6.07, 6.45) is 4.20. The van der Waals surface area contributed by atoms with Crippen molar-refractivity contribution in [2.75, 3.05) is 13.6 Å². The van der Waals surface area contributed by atoms with Gasteiger partial charge in [-0.3, -0.25) is 9.78 Å². The Balaban J connectivity index is 2.36. The molecule has 1 aromatic heterocycles. The zero-order chi connectivity index (χ0) is 13.7. The Bertz CT molecular complexity index is 578. The lowest BCUT2D eigenvalue weighted by molar-refractivity contribution is 0.103. The number of carbonyl (C=O) groups is 1. The van der Waals surface area contributed by atoms with Gasteiger partial charge in [-0.25, -0.2) is 0 Å². The predicted octanol–water partition coefficient (Wildman–Crippen LogP) is 2.38. The van der Waals surface area contributed by atoms with Crippen molar-refractivity contribution in [3.05, 3.63) is 65.0 Å². The van der Waals surface area contributed by atoms with Gasteiger partial charge in [0.15, 0.2) is 5.78 Å². The molecule has 2 aromatic rings. The number of nitrogens with zero attached hydrogens (tertiary/aromatic N) is 1. The average Bonchev–Trinajstić information content (AvgIpc) is 2.45. The number of hydrogen-bond acceptors (Lipinski definition) is 3. The van der Waals surface area contributed by atoms with Gasteiger partial charge in [0.1, 0.15) is 0 Å². The Morgan fingerprint density at radius 3 is 2.74 bits per heavy atom. The minimum atomic E-state index is 0.0531. The molecular formula is C16H18N2O. The molecule has 1 N–H and O–H groups in total. The van der Waals surface area contributed by atoms with Crippen LogP contribution in [0.2, 0.25) is 0 Å². The fraction of sp³-hybridized carbons (Fsp3) is 0.250. The molecule has 0 radical (unpaired) electrons. The van der Waals surface area contributed by atoms with Crippen LogP contribution in [0.1, 0.15) is 27.0 Å². The molecule has 0 bridgehead atoms. The Labute approximate surface area is 113 Å². The number of hydrogen-bond donors (Lipinski definition) is 1. The monoisotopic (exact) mass is 254 g/mol. The lowest BCUT2D eigenvalue weighted by Gasteiger charge is -2.09. The normalized spacial score (nSPS) is 10.4. The Hall–Kier alpha value is -2.00.